The minimum atomic E-state index is -0.0422. The van der Waals surface area contributed by atoms with Crippen molar-refractivity contribution in [3.8, 4) is 0 Å². The number of piperazine rings is 1. The Balaban J connectivity index is 1.56. The fraction of sp³-hybridized carbons (Fsp3) is 0.478. The van der Waals surface area contributed by atoms with Crippen molar-refractivity contribution in [3.63, 3.8) is 0 Å². The molecule has 2 aromatic rings. The summed E-state index contributed by atoms with van der Waals surface area (Å²) >= 11 is 0. The molecule has 0 bridgehead atoms. The van der Waals surface area contributed by atoms with E-state index in [-0.39, 0.29) is 5.91 Å². The molecule has 0 spiro atoms. The first-order chi connectivity index (χ1) is 13.5. The topological polar surface area (TPSA) is 48.5 Å². The lowest BCUT2D eigenvalue weighted by molar-refractivity contribution is 0.0951. The van der Waals surface area contributed by atoms with Crippen molar-refractivity contribution in [1.29, 1.82) is 0 Å². The summed E-state index contributed by atoms with van der Waals surface area (Å²) in [6.07, 6.45) is 2.68. The molecule has 150 valence electrons. The van der Waals surface area contributed by atoms with Crippen molar-refractivity contribution in [2.75, 3.05) is 42.5 Å². The number of rotatable bonds is 6. The van der Waals surface area contributed by atoms with E-state index in [1.165, 1.54) is 16.8 Å². The molecule has 3 rings (SSSR count). The van der Waals surface area contributed by atoms with Gasteiger partial charge in [-0.15, -0.1) is 0 Å². The third-order valence-electron chi connectivity index (χ3n) is 5.54. The SMILES string of the molecule is Cc1cccc(N2CCN(c3ccc(C(=O)NCCC(C)C)cn3)CC2)c1C. The molecule has 1 N–H and O–H groups in total. The number of pyridine rings is 1. The predicted octanol–water partition coefficient (Wildman–Crippen LogP) is 3.80. The fourth-order valence-corrected chi connectivity index (χ4v) is 3.54. The standard InChI is InChI=1S/C23H32N4O/c1-17(2)10-11-24-23(28)20-8-9-22(25-16-20)27-14-12-26(13-15-27)21-7-5-6-18(3)19(21)4/h5-9,16-17H,10-15H2,1-4H3,(H,24,28). The smallest absolute Gasteiger partial charge is 0.252 e. The van der Waals surface area contributed by atoms with Gasteiger partial charge in [-0.1, -0.05) is 26.0 Å². The van der Waals surface area contributed by atoms with Crippen molar-refractivity contribution in [2.24, 2.45) is 5.92 Å². The van der Waals surface area contributed by atoms with E-state index < -0.39 is 0 Å². The quantitative estimate of drug-likeness (QED) is 0.828. The Morgan fingerprint density at radius 1 is 1.07 bits per heavy atom. The van der Waals surface area contributed by atoms with Crippen LogP contribution in [0.1, 0.15) is 41.8 Å². The Morgan fingerprint density at radius 2 is 1.79 bits per heavy atom. The van der Waals surface area contributed by atoms with Gasteiger partial charge in [0.2, 0.25) is 0 Å². The summed E-state index contributed by atoms with van der Waals surface area (Å²) in [5, 5.41) is 2.96. The largest absolute Gasteiger partial charge is 0.368 e. The first-order valence-corrected chi connectivity index (χ1v) is 10.3. The van der Waals surface area contributed by atoms with Gasteiger partial charge in [0.1, 0.15) is 5.82 Å². The normalized spacial score (nSPS) is 14.5. The molecule has 1 aliphatic heterocycles. The molecular weight excluding hydrogens is 348 g/mol. The Labute approximate surface area is 168 Å². The molecule has 5 nitrogen and oxygen atoms in total. The van der Waals surface area contributed by atoms with Crippen LogP contribution in [0.3, 0.4) is 0 Å². The van der Waals surface area contributed by atoms with E-state index in [0.717, 1.165) is 38.4 Å². The molecular formula is C23H32N4O. The van der Waals surface area contributed by atoms with Gasteiger partial charge in [0.05, 0.1) is 5.56 Å². The van der Waals surface area contributed by atoms with Crippen molar-refractivity contribution >= 4 is 17.4 Å². The number of aromatic nitrogens is 1. The van der Waals surface area contributed by atoms with Gasteiger partial charge in [-0.2, -0.15) is 0 Å². The highest BCUT2D eigenvalue weighted by atomic mass is 16.1. The second-order valence-electron chi connectivity index (χ2n) is 8.04. The Hall–Kier alpha value is -2.56. The first-order valence-electron chi connectivity index (χ1n) is 10.3. The average molecular weight is 381 g/mol. The number of amides is 1. The number of nitrogens with zero attached hydrogens (tertiary/aromatic N) is 3. The molecule has 2 heterocycles. The molecule has 0 unspecified atom stereocenters. The Bertz CT molecular complexity index is 793. The lowest BCUT2D eigenvalue weighted by Gasteiger charge is -2.37. The highest BCUT2D eigenvalue weighted by Crippen LogP contribution is 2.25. The molecule has 1 fully saturated rings. The van der Waals surface area contributed by atoms with Gasteiger partial charge in [0, 0.05) is 44.6 Å². The number of aryl methyl sites for hydroxylation is 1. The van der Waals surface area contributed by atoms with Crippen LogP contribution in [0, 0.1) is 19.8 Å². The number of benzene rings is 1. The molecule has 0 aliphatic carbocycles. The number of anilines is 2. The third kappa shape index (κ3) is 4.83. The fourth-order valence-electron chi connectivity index (χ4n) is 3.54. The second kappa shape index (κ2) is 9.09. The summed E-state index contributed by atoms with van der Waals surface area (Å²) in [7, 11) is 0. The minimum absolute atomic E-state index is 0.0422. The number of hydrogen-bond donors (Lipinski definition) is 1. The summed E-state index contributed by atoms with van der Waals surface area (Å²) in [4.78, 5) is 21.5. The lowest BCUT2D eigenvalue weighted by atomic mass is 10.1. The summed E-state index contributed by atoms with van der Waals surface area (Å²) in [6, 6.07) is 10.4. The van der Waals surface area contributed by atoms with Crippen LogP contribution in [0.15, 0.2) is 36.5 Å². The predicted molar refractivity (Wildman–Crippen MR) is 116 cm³/mol. The van der Waals surface area contributed by atoms with E-state index in [0.29, 0.717) is 18.0 Å². The molecule has 1 aromatic heterocycles. The van der Waals surface area contributed by atoms with E-state index in [1.807, 2.05) is 12.1 Å². The number of carbonyl (C=O) groups excluding carboxylic acids is 1. The van der Waals surface area contributed by atoms with Crippen molar-refractivity contribution in [2.45, 2.75) is 34.1 Å². The highest BCUT2D eigenvalue weighted by molar-refractivity contribution is 5.94. The summed E-state index contributed by atoms with van der Waals surface area (Å²) in [6.45, 7) is 13.2. The van der Waals surface area contributed by atoms with Crippen LogP contribution in [0.5, 0.6) is 0 Å². The molecule has 5 heteroatoms. The second-order valence-corrected chi connectivity index (χ2v) is 8.04. The Morgan fingerprint density at radius 3 is 2.43 bits per heavy atom. The van der Waals surface area contributed by atoms with E-state index in [1.54, 1.807) is 6.20 Å². The molecule has 1 aromatic carbocycles. The van der Waals surface area contributed by atoms with E-state index >= 15 is 0 Å². The van der Waals surface area contributed by atoms with Gasteiger partial charge in [-0.3, -0.25) is 4.79 Å². The van der Waals surface area contributed by atoms with Crippen LogP contribution in [0.2, 0.25) is 0 Å². The zero-order chi connectivity index (χ0) is 20.1. The zero-order valence-corrected chi connectivity index (χ0v) is 17.5. The summed E-state index contributed by atoms with van der Waals surface area (Å²) in [5.74, 6) is 1.49. The van der Waals surface area contributed by atoms with Crippen molar-refractivity contribution in [1.82, 2.24) is 10.3 Å². The summed E-state index contributed by atoms with van der Waals surface area (Å²) in [5.41, 5.74) is 4.66. The monoisotopic (exact) mass is 380 g/mol. The molecule has 1 aliphatic rings. The van der Waals surface area contributed by atoms with E-state index in [4.69, 9.17) is 0 Å². The van der Waals surface area contributed by atoms with Gasteiger partial charge < -0.3 is 15.1 Å². The van der Waals surface area contributed by atoms with E-state index in [2.05, 4.69) is 66.0 Å². The molecule has 0 atom stereocenters. The van der Waals surface area contributed by atoms with Gasteiger partial charge in [0.15, 0.2) is 0 Å². The molecule has 28 heavy (non-hydrogen) atoms. The number of nitrogens with one attached hydrogen (secondary N) is 1. The maximum atomic E-state index is 12.2. The number of carbonyl (C=O) groups is 1. The van der Waals surface area contributed by atoms with Crippen molar-refractivity contribution < 1.29 is 4.79 Å². The Kier molecular flexibility index (Phi) is 6.55. The van der Waals surface area contributed by atoms with Crippen molar-refractivity contribution in [3.05, 3.63) is 53.2 Å². The van der Waals surface area contributed by atoms with Gasteiger partial charge in [0.25, 0.3) is 5.91 Å². The van der Waals surface area contributed by atoms with Crippen LogP contribution in [-0.4, -0.2) is 43.6 Å². The summed E-state index contributed by atoms with van der Waals surface area (Å²) < 4.78 is 0. The van der Waals surface area contributed by atoms with Gasteiger partial charge in [-0.05, 0) is 55.5 Å². The maximum Gasteiger partial charge on any atom is 0.252 e. The highest BCUT2D eigenvalue weighted by Gasteiger charge is 2.20. The third-order valence-corrected chi connectivity index (χ3v) is 5.54. The maximum absolute atomic E-state index is 12.2. The first kappa shape index (κ1) is 20.2. The molecule has 0 radical (unpaired) electrons. The van der Waals surface area contributed by atoms with Crippen LogP contribution >= 0.6 is 0 Å². The van der Waals surface area contributed by atoms with E-state index in [9.17, 15) is 4.79 Å². The number of hydrogen-bond acceptors (Lipinski definition) is 4. The van der Waals surface area contributed by atoms with Gasteiger partial charge >= 0.3 is 0 Å². The van der Waals surface area contributed by atoms with Crippen LogP contribution in [0.25, 0.3) is 0 Å². The van der Waals surface area contributed by atoms with Gasteiger partial charge in [-0.25, -0.2) is 4.98 Å². The molecule has 1 amide bonds. The zero-order valence-electron chi connectivity index (χ0n) is 17.5. The van der Waals surface area contributed by atoms with Crippen LogP contribution < -0.4 is 15.1 Å². The molecule has 1 saturated heterocycles. The minimum Gasteiger partial charge on any atom is -0.368 e. The molecule has 0 saturated carbocycles. The average Bonchev–Trinajstić information content (AvgIpc) is 2.70. The van der Waals surface area contributed by atoms with Crippen LogP contribution in [0.4, 0.5) is 11.5 Å². The van der Waals surface area contributed by atoms with Crippen LogP contribution in [-0.2, 0) is 0 Å². The lowest BCUT2D eigenvalue weighted by Crippen LogP contribution is -2.47.